The summed E-state index contributed by atoms with van der Waals surface area (Å²) < 4.78 is 26.7. The van der Waals surface area contributed by atoms with Crippen molar-refractivity contribution in [1.29, 1.82) is 0 Å². The van der Waals surface area contributed by atoms with E-state index in [2.05, 4.69) is 23.6 Å². The van der Waals surface area contributed by atoms with Crippen molar-refractivity contribution in [3.63, 3.8) is 0 Å². The Morgan fingerprint density at radius 2 is 2.00 bits per heavy atom. The van der Waals surface area contributed by atoms with Crippen LogP contribution in [0.15, 0.2) is 23.4 Å². The van der Waals surface area contributed by atoms with E-state index in [1.807, 2.05) is 13.8 Å². The molecule has 0 aliphatic carbocycles. The van der Waals surface area contributed by atoms with Gasteiger partial charge in [-0.1, -0.05) is 33.8 Å². The van der Waals surface area contributed by atoms with E-state index in [1.165, 1.54) is 12.3 Å². The van der Waals surface area contributed by atoms with Crippen LogP contribution in [-0.2, 0) is 16.6 Å². The molecule has 19 heavy (non-hydrogen) atoms. The van der Waals surface area contributed by atoms with Crippen LogP contribution in [0.25, 0.3) is 0 Å². The Balaban J connectivity index is 2.81. The van der Waals surface area contributed by atoms with E-state index in [0.29, 0.717) is 18.0 Å². The number of nitrogens with one attached hydrogen (secondary N) is 1. The first-order valence-corrected chi connectivity index (χ1v) is 7.73. The van der Waals surface area contributed by atoms with Crippen molar-refractivity contribution < 1.29 is 13.5 Å². The van der Waals surface area contributed by atoms with Crippen LogP contribution in [0.5, 0.6) is 0 Å². The lowest BCUT2D eigenvalue weighted by Gasteiger charge is -2.29. The molecule has 0 fully saturated rings. The maximum absolute atomic E-state index is 12.1. The van der Waals surface area contributed by atoms with Gasteiger partial charge in [-0.05, 0) is 23.0 Å². The molecular weight excluding hydrogens is 264 g/mol. The van der Waals surface area contributed by atoms with Crippen LogP contribution in [-0.4, -0.2) is 25.1 Å². The Morgan fingerprint density at radius 1 is 1.37 bits per heavy atom. The molecule has 0 saturated carbocycles. The summed E-state index contributed by atoms with van der Waals surface area (Å²) >= 11 is 0. The summed E-state index contributed by atoms with van der Waals surface area (Å²) in [6.45, 7) is 8.35. The first-order chi connectivity index (χ1) is 8.69. The largest absolute Gasteiger partial charge is 0.392 e. The van der Waals surface area contributed by atoms with E-state index >= 15 is 0 Å². The summed E-state index contributed by atoms with van der Waals surface area (Å²) in [4.78, 5) is 3.86. The molecule has 108 valence electrons. The quantitative estimate of drug-likeness (QED) is 0.831. The predicted molar refractivity (Wildman–Crippen MR) is 74.0 cm³/mol. The Morgan fingerprint density at radius 3 is 2.42 bits per heavy atom. The van der Waals surface area contributed by atoms with Gasteiger partial charge in [-0.25, -0.2) is 18.1 Å². The predicted octanol–water partition coefficient (Wildman–Crippen LogP) is 1.53. The maximum atomic E-state index is 12.1. The molecule has 0 saturated heterocycles. The molecule has 1 aromatic heterocycles. The second kappa shape index (κ2) is 5.98. The number of aromatic nitrogens is 1. The number of pyridine rings is 1. The van der Waals surface area contributed by atoms with Crippen LogP contribution < -0.4 is 4.72 Å². The molecule has 0 spiro atoms. The molecule has 0 atom stereocenters. The number of aliphatic hydroxyl groups excluding tert-OH is 1. The fraction of sp³-hybridized carbons (Fsp3) is 0.615. The zero-order valence-corrected chi connectivity index (χ0v) is 12.7. The summed E-state index contributed by atoms with van der Waals surface area (Å²) in [5.41, 5.74) is 0.458. The van der Waals surface area contributed by atoms with Crippen LogP contribution >= 0.6 is 0 Å². The monoisotopic (exact) mass is 286 g/mol. The highest BCUT2D eigenvalue weighted by molar-refractivity contribution is 7.89. The Hall–Kier alpha value is -0.980. The van der Waals surface area contributed by atoms with Crippen molar-refractivity contribution >= 4 is 10.0 Å². The van der Waals surface area contributed by atoms with Crippen LogP contribution in [0, 0.1) is 11.3 Å². The lowest BCUT2D eigenvalue weighted by molar-refractivity contribution is 0.252. The van der Waals surface area contributed by atoms with Gasteiger partial charge in [0.2, 0.25) is 0 Å². The lowest BCUT2D eigenvalue weighted by Crippen LogP contribution is -2.37. The molecule has 2 N–H and O–H groups in total. The van der Waals surface area contributed by atoms with Crippen LogP contribution in [0.3, 0.4) is 0 Å². The highest BCUT2D eigenvalue weighted by Crippen LogP contribution is 2.25. The van der Waals surface area contributed by atoms with Gasteiger partial charge in [-0.3, -0.25) is 0 Å². The Bertz CT molecular complexity index is 507. The molecule has 0 aliphatic heterocycles. The molecule has 0 radical (unpaired) electrons. The Kier molecular flexibility index (Phi) is 5.06. The van der Waals surface area contributed by atoms with Gasteiger partial charge in [0.05, 0.1) is 6.61 Å². The fourth-order valence-corrected chi connectivity index (χ4v) is 2.37. The second-order valence-corrected chi connectivity index (χ2v) is 7.34. The van der Waals surface area contributed by atoms with Gasteiger partial charge >= 0.3 is 0 Å². The smallest absolute Gasteiger partial charge is 0.258 e. The Labute approximate surface area is 115 Å². The van der Waals surface area contributed by atoms with E-state index < -0.39 is 10.0 Å². The first-order valence-electron chi connectivity index (χ1n) is 6.24. The SMILES string of the molecule is CC(C)C(C)(C)CNS(=O)(=O)c1ccc(CO)cn1. The minimum atomic E-state index is -3.59. The average molecular weight is 286 g/mol. The van der Waals surface area contributed by atoms with E-state index in [-0.39, 0.29) is 17.0 Å². The van der Waals surface area contributed by atoms with E-state index in [9.17, 15) is 8.42 Å². The van der Waals surface area contributed by atoms with E-state index in [1.54, 1.807) is 6.07 Å². The first kappa shape index (κ1) is 16.1. The molecule has 0 unspecified atom stereocenters. The van der Waals surface area contributed by atoms with Gasteiger partial charge in [-0.2, -0.15) is 0 Å². The van der Waals surface area contributed by atoms with Crippen molar-refractivity contribution in [2.24, 2.45) is 11.3 Å². The molecule has 6 heteroatoms. The van der Waals surface area contributed by atoms with E-state index in [0.717, 1.165) is 0 Å². The van der Waals surface area contributed by atoms with Crippen LogP contribution in [0.2, 0.25) is 0 Å². The number of rotatable bonds is 6. The van der Waals surface area contributed by atoms with Crippen molar-refractivity contribution in [1.82, 2.24) is 9.71 Å². The summed E-state index contributed by atoms with van der Waals surface area (Å²) in [5.74, 6) is 0.361. The number of hydrogen-bond donors (Lipinski definition) is 2. The number of aliphatic hydroxyl groups is 1. The molecule has 5 nitrogen and oxygen atoms in total. The third kappa shape index (κ3) is 4.26. The minimum absolute atomic E-state index is 0.0238. The molecular formula is C13H22N2O3S. The molecule has 1 aromatic rings. The lowest BCUT2D eigenvalue weighted by atomic mass is 9.81. The highest BCUT2D eigenvalue weighted by atomic mass is 32.2. The number of nitrogens with zero attached hydrogens (tertiary/aromatic N) is 1. The summed E-state index contributed by atoms with van der Waals surface area (Å²) in [6.07, 6.45) is 1.36. The highest BCUT2D eigenvalue weighted by Gasteiger charge is 2.25. The van der Waals surface area contributed by atoms with Crippen molar-refractivity contribution in [3.05, 3.63) is 23.9 Å². The summed E-state index contributed by atoms with van der Waals surface area (Å²) in [7, 11) is -3.59. The van der Waals surface area contributed by atoms with Crippen molar-refractivity contribution in [3.8, 4) is 0 Å². The third-order valence-corrected chi connectivity index (χ3v) is 4.85. The zero-order chi connectivity index (χ0) is 14.7. The van der Waals surface area contributed by atoms with Crippen molar-refractivity contribution in [2.45, 2.75) is 39.3 Å². The zero-order valence-electron chi connectivity index (χ0n) is 11.8. The van der Waals surface area contributed by atoms with Gasteiger partial charge in [0, 0.05) is 12.7 Å². The molecule has 0 aliphatic rings. The van der Waals surface area contributed by atoms with Crippen LogP contribution in [0.1, 0.15) is 33.3 Å². The molecule has 1 heterocycles. The standard InChI is InChI=1S/C13H22N2O3S/c1-10(2)13(3,4)9-15-19(17,18)12-6-5-11(8-16)7-14-12/h5-7,10,15-16H,8-9H2,1-4H3. The fourth-order valence-electron chi connectivity index (χ4n) is 1.22. The topological polar surface area (TPSA) is 79.3 Å². The molecule has 0 amide bonds. The van der Waals surface area contributed by atoms with Gasteiger partial charge in [0.1, 0.15) is 0 Å². The van der Waals surface area contributed by atoms with Gasteiger partial charge < -0.3 is 5.11 Å². The number of sulfonamides is 1. The molecule has 0 aromatic carbocycles. The van der Waals surface area contributed by atoms with Crippen molar-refractivity contribution in [2.75, 3.05) is 6.54 Å². The average Bonchev–Trinajstić information content (AvgIpc) is 2.36. The molecule has 0 bridgehead atoms. The van der Waals surface area contributed by atoms with E-state index in [4.69, 9.17) is 5.11 Å². The van der Waals surface area contributed by atoms with Gasteiger partial charge in [0.15, 0.2) is 5.03 Å². The van der Waals surface area contributed by atoms with Gasteiger partial charge in [-0.15, -0.1) is 0 Å². The summed E-state index contributed by atoms with van der Waals surface area (Å²) in [5, 5.41) is 8.87. The molecule has 1 rings (SSSR count). The normalized spacial score (nSPS) is 12.9. The second-order valence-electron chi connectivity index (χ2n) is 5.63. The van der Waals surface area contributed by atoms with Gasteiger partial charge in [0.25, 0.3) is 10.0 Å². The minimum Gasteiger partial charge on any atom is -0.392 e. The third-order valence-electron chi connectivity index (χ3n) is 3.54. The maximum Gasteiger partial charge on any atom is 0.258 e. The van der Waals surface area contributed by atoms with Crippen LogP contribution in [0.4, 0.5) is 0 Å². The summed E-state index contributed by atoms with van der Waals surface area (Å²) in [6, 6.07) is 2.95. The number of hydrogen-bond acceptors (Lipinski definition) is 4.